The fourth-order valence-corrected chi connectivity index (χ4v) is 8.51. The van der Waals surface area contributed by atoms with Gasteiger partial charge in [0.1, 0.15) is 0 Å². The average Bonchev–Trinajstić information content (AvgIpc) is 3.18. The Labute approximate surface area is 218 Å². The van der Waals surface area contributed by atoms with Crippen LogP contribution in [0.1, 0.15) is 95.6 Å². The summed E-state index contributed by atoms with van der Waals surface area (Å²) in [5.41, 5.74) is 7.90. The van der Waals surface area contributed by atoms with Crippen molar-refractivity contribution in [3.8, 4) is 0 Å². The predicted octanol–water partition coefficient (Wildman–Crippen LogP) is 8.15. The van der Waals surface area contributed by atoms with Crippen LogP contribution in [0.2, 0.25) is 0 Å². The van der Waals surface area contributed by atoms with E-state index in [1.807, 2.05) is 12.2 Å². The molecule has 1 heterocycles. The molecule has 1 spiro atoms. The van der Waals surface area contributed by atoms with Gasteiger partial charge in [-0.2, -0.15) is 0 Å². The second-order valence-electron chi connectivity index (χ2n) is 13.5. The zero-order valence-corrected chi connectivity index (χ0v) is 22.6. The van der Waals surface area contributed by atoms with Crippen molar-refractivity contribution >= 4 is 6.08 Å². The molecule has 6 atom stereocenters. The van der Waals surface area contributed by atoms with Crippen LogP contribution in [0.15, 0.2) is 65.8 Å². The van der Waals surface area contributed by atoms with Gasteiger partial charge in [-0.15, -0.1) is 0 Å². The van der Waals surface area contributed by atoms with Gasteiger partial charge < -0.3 is 9.84 Å². The first-order valence-corrected chi connectivity index (χ1v) is 14.4. The highest BCUT2D eigenvalue weighted by molar-refractivity contribution is 5.54. The van der Waals surface area contributed by atoms with Gasteiger partial charge in [0.25, 0.3) is 0 Å². The van der Waals surface area contributed by atoms with Gasteiger partial charge in [0.05, 0.1) is 18.3 Å². The van der Waals surface area contributed by atoms with E-state index < -0.39 is 0 Å². The summed E-state index contributed by atoms with van der Waals surface area (Å²) < 4.78 is 6.62. The van der Waals surface area contributed by atoms with E-state index in [0.717, 1.165) is 38.7 Å². The predicted molar refractivity (Wildman–Crippen MR) is 149 cm³/mol. The van der Waals surface area contributed by atoms with E-state index in [-0.39, 0.29) is 17.1 Å². The number of benzene rings is 1. The average molecular weight is 485 g/mol. The number of allylic oxidation sites excluding steroid dienone is 5. The van der Waals surface area contributed by atoms with Crippen LogP contribution < -0.4 is 0 Å². The van der Waals surface area contributed by atoms with E-state index in [9.17, 15) is 5.11 Å². The fourth-order valence-electron chi connectivity index (χ4n) is 8.51. The van der Waals surface area contributed by atoms with Gasteiger partial charge in [-0.05, 0) is 109 Å². The SMILES string of the molecule is C=C/C=C/c1ccc(C2CC3(C)C(O)CCC3C3CCC4=CC5(CCC4=C23)CCC(C)(C)CO5)cc1. The third kappa shape index (κ3) is 4.00. The summed E-state index contributed by atoms with van der Waals surface area (Å²) in [5.74, 6) is 1.63. The minimum Gasteiger partial charge on any atom is -0.393 e. The van der Waals surface area contributed by atoms with Crippen molar-refractivity contribution in [1.29, 1.82) is 0 Å². The molecule has 5 aliphatic rings. The molecule has 1 saturated heterocycles. The largest absolute Gasteiger partial charge is 0.393 e. The smallest absolute Gasteiger partial charge is 0.0871 e. The third-order valence-corrected chi connectivity index (χ3v) is 10.7. The lowest BCUT2D eigenvalue weighted by atomic mass is 9.53. The molecule has 2 heteroatoms. The first-order chi connectivity index (χ1) is 17.2. The highest BCUT2D eigenvalue weighted by Gasteiger charge is 2.56. The highest BCUT2D eigenvalue weighted by Crippen LogP contribution is 2.64. The maximum atomic E-state index is 11.2. The summed E-state index contributed by atoms with van der Waals surface area (Å²) in [6, 6.07) is 9.19. The van der Waals surface area contributed by atoms with Crippen molar-refractivity contribution in [3.05, 3.63) is 76.9 Å². The number of aliphatic hydroxyl groups excluding tert-OH is 1. The summed E-state index contributed by atoms with van der Waals surface area (Å²) in [6.07, 6.45) is 18.7. The Balaban J connectivity index is 1.41. The van der Waals surface area contributed by atoms with Gasteiger partial charge in [0.2, 0.25) is 0 Å². The number of hydrogen-bond donors (Lipinski definition) is 1. The lowest BCUT2D eigenvalue weighted by molar-refractivity contribution is -0.101. The minimum atomic E-state index is -0.170. The molecular weight excluding hydrogens is 440 g/mol. The number of aliphatic hydroxyl groups is 1. The Morgan fingerprint density at radius 3 is 2.53 bits per heavy atom. The van der Waals surface area contributed by atoms with Crippen molar-refractivity contribution in [2.75, 3.05) is 6.61 Å². The van der Waals surface area contributed by atoms with Gasteiger partial charge >= 0.3 is 0 Å². The molecule has 192 valence electrons. The summed E-state index contributed by atoms with van der Waals surface area (Å²) in [5, 5.41) is 11.2. The Kier molecular flexibility index (Phi) is 6.00. The highest BCUT2D eigenvalue weighted by atomic mass is 16.5. The number of hydrogen-bond acceptors (Lipinski definition) is 2. The topological polar surface area (TPSA) is 29.5 Å². The number of fused-ring (bicyclic) bond motifs is 4. The molecule has 1 aromatic rings. The van der Waals surface area contributed by atoms with Crippen molar-refractivity contribution in [3.63, 3.8) is 0 Å². The quantitative estimate of drug-likeness (QED) is 0.439. The van der Waals surface area contributed by atoms with Crippen molar-refractivity contribution in [2.24, 2.45) is 22.7 Å². The lowest BCUT2D eigenvalue weighted by Gasteiger charge is -2.53. The van der Waals surface area contributed by atoms with Crippen LogP contribution >= 0.6 is 0 Å². The van der Waals surface area contributed by atoms with E-state index in [1.165, 1.54) is 36.8 Å². The van der Waals surface area contributed by atoms with Crippen LogP contribution in [0, 0.1) is 22.7 Å². The molecule has 6 rings (SSSR count). The van der Waals surface area contributed by atoms with E-state index in [1.54, 1.807) is 16.7 Å². The molecule has 0 radical (unpaired) electrons. The summed E-state index contributed by atoms with van der Waals surface area (Å²) in [7, 11) is 0. The van der Waals surface area contributed by atoms with Crippen LogP contribution in [0.5, 0.6) is 0 Å². The molecule has 6 unspecified atom stereocenters. The maximum absolute atomic E-state index is 11.2. The first kappa shape index (κ1) is 24.4. The standard InChI is InChI=1S/C34H44O2/c1-5-6-7-23-8-10-24(11-9-23)28-21-33(4)29(14-15-30(33)35)27-13-12-25-20-34(17-16-26(25)31(27)28)19-18-32(2,3)22-36-34/h5-11,20,27-30,35H,1,12-19,21-22H2,2-4H3/b7-6+. The molecule has 0 bridgehead atoms. The molecule has 2 saturated carbocycles. The third-order valence-electron chi connectivity index (χ3n) is 10.7. The molecule has 1 N–H and O–H groups in total. The zero-order valence-electron chi connectivity index (χ0n) is 22.6. The Bertz CT molecular complexity index is 1110. The van der Waals surface area contributed by atoms with Crippen LogP contribution in [0.4, 0.5) is 0 Å². The van der Waals surface area contributed by atoms with E-state index >= 15 is 0 Å². The van der Waals surface area contributed by atoms with Crippen LogP contribution in [0.3, 0.4) is 0 Å². The van der Waals surface area contributed by atoms with Gasteiger partial charge in [0.15, 0.2) is 0 Å². The van der Waals surface area contributed by atoms with E-state index in [4.69, 9.17) is 4.74 Å². The van der Waals surface area contributed by atoms with E-state index in [2.05, 4.69) is 63.8 Å². The molecule has 3 fully saturated rings. The van der Waals surface area contributed by atoms with Gasteiger partial charge in [-0.3, -0.25) is 0 Å². The lowest BCUT2D eigenvalue weighted by Crippen LogP contribution is -2.46. The molecule has 36 heavy (non-hydrogen) atoms. The van der Waals surface area contributed by atoms with E-state index in [0.29, 0.717) is 23.2 Å². The Hall–Kier alpha value is -1.90. The van der Waals surface area contributed by atoms with Crippen molar-refractivity contribution in [1.82, 2.24) is 0 Å². The normalized spacial score (nSPS) is 39.5. The molecular formula is C34H44O2. The van der Waals surface area contributed by atoms with Gasteiger partial charge in [-0.1, -0.05) is 75.4 Å². The fraction of sp³-hybridized carbons (Fsp3) is 0.588. The Morgan fingerprint density at radius 1 is 1.00 bits per heavy atom. The summed E-state index contributed by atoms with van der Waals surface area (Å²) >= 11 is 0. The minimum absolute atomic E-state index is 0.0238. The molecule has 4 aliphatic carbocycles. The number of rotatable bonds is 3. The Morgan fingerprint density at radius 2 is 1.81 bits per heavy atom. The van der Waals surface area contributed by atoms with Crippen LogP contribution in [-0.4, -0.2) is 23.4 Å². The van der Waals surface area contributed by atoms with Crippen LogP contribution in [-0.2, 0) is 4.74 Å². The van der Waals surface area contributed by atoms with Crippen LogP contribution in [0.25, 0.3) is 6.08 Å². The first-order valence-electron chi connectivity index (χ1n) is 14.4. The molecule has 0 amide bonds. The zero-order chi connectivity index (χ0) is 25.1. The molecule has 2 nitrogen and oxygen atoms in total. The monoisotopic (exact) mass is 484 g/mol. The van der Waals surface area contributed by atoms with Crippen molar-refractivity contribution < 1.29 is 9.84 Å². The summed E-state index contributed by atoms with van der Waals surface area (Å²) in [4.78, 5) is 0. The second-order valence-corrected chi connectivity index (χ2v) is 13.5. The molecule has 1 aromatic carbocycles. The van der Waals surface area contributed by atoms with Gasteiger partial charge in [-0.25, -0.2) is 0 Å². The summed E-state index contributed by atoms with van der Waals surface area (Å²) in [6.45, 7) is 11.7. The number of ether oxygens (including phenoxy) is 1. The maximum Gasteiger partial charge on any atom is 0.0871 e. The second kappa shape index (κ2) is 8.84. The molecule has 1 aliphatic heterocycles. The van der Waals surface area contributed by atoms with Crippen molar-refractivity contribution in [2.45, 2.75) is 96.2 Å². The van der Waals surface area contributed by atoms with Gasteiger partial charge in [0, 0.05) is 5.92 Å². The molecule has 0 aromatic heterocycles.